The molecule has 0 heterocycles. The van der Waals surface area contributed by atoms with Crippen LogP contribution < -0.4 is 19.1 Å². The molecule has 1 N–H and O–H groups in total. The summed E-state index contributed by atoms with van der Waals surface area (Å²) in [6, 6.07) is 16.9. The normalized spacial score (nSPS) is 12.0. The molecular formula is C30H36ClN3O6S. The fraction of sp³-hybridized carbons (Fsp3) is 0.333. The van der Waals surface area contributed by atoms with Crippen LogP contribution in [0.1, 0.15) is 31.9 Å². The van der Waals surface area contributed by atoms with Crippen LogP contribution in [0.5, 0.6) is 11.5 Å². The van der Waals surface area contributed by atoms with Crippen LogP contribution in [0.4, 0.5) is 5.69 Å². The predicted molar refractivity (Wildman–Crippen MR) is 160 cm³/mol. The highest BCUT2D eigenvalue weighted by atomic mass is 35.5. The largest absolute Gasteiger partial charge is 0.497 e. The average molecular weight is 602 g/mol. The lowest BCUT2D eigenvalue weighted by molar-refractivity contribution is -0.139. The summed E-state index contributed by atoms with van der Waals surface area (Å²) in [7, 11) is -1.41. The second kappa shape index (κ2) is 13.7. The van der Waals surface area contributed by atoms with Crippen LogP contribution in [0.25, 0.3) is 0 Å². The number of amides is 2. The lowest BCUT2D eigenvalue weighted by Crippen LogP contribution is -2.52. The summed E-state index contributed by atoms with van der Waals surface area (Å²) in [5.74, 6) is -0.377. The van der Waals surface area contributed by atoms with E-state index in [0.29, 0.717) is 16.3 Å². The second-order valence-corrected chi connectivity index (χ2v) is 12.2. The van der Waals surface area contributed by atoms with Gasteiger partial charge in [0.25, 0.3) is 10.0 Å². The average Bonchev–Trinajstić information content (AvgIpc) is 2.93. The maximum Gasteiger partial charge on any atom is 0.264 e. The first-order valence-corrected chi connectivity index (χ1v) is 14.8. The number of benzene rings is 3. The third-order valence-corrected chi connectivity index (χ3v) is 8.39. The molecule has 9 nitrogen and oxygen atoms in total. The summed E-state index contributed by atoms with van der Waals surface area (Å²) < 4.78 is 40.0. The molecular weight excluding hydrogens is 566 g/mol. The summed E-state index contributed by atoms with van der Waals surface area (Å²) in [6.45, 7) is 6.50. The zero-order valence-corrected chi connectivity index (χ0v) is 25.6. The van der Waals surface area contributed by atoms with Crippen molar-refractivity contribution < 1.29 is 27.5 Å². The fourth-order valence-electron chi connectivity index (χ4n) is 4.16. The van der Waals surface area contributed by atoms with Crippen molar-refractivity contribution in [1.29, 1.82) is 0 Å². The number of ether oxygens (including phenoxy) is 2. The Kier molecular flexibility index (Phi) is 10.6. The lowest BCUT2D eigenvalue weighted by atomic mass is 10.1. The molecule has 0 aliphatic heterocycles. The smallest absolute Gasteiger partial charge is 0.264 e. The third kappa shape index (κ3) is 7.92. The van der Waals surface area contributed by atoms with Gasteiger partial charge in [0.1, 0.15) is 24.1 Å². The Morgan fingerprint density at radius 2 is 1.63 bits per heavy atom. The Morgan fingerprint density at radius 1 is 0.951 bits per heavy atom. The minimum atomic E-state index is -4.27. The van der Waals surface area contributed by atoms with Gasteiger partial charge in [0.05, 0.1) is 24.8 Å². The number of aryl methyl sites for hydroxylation is 1. The van der Waals surface area contributed by atoms with Crippen molar-refractivity contribution in [2.45, 2.75) is 51.2 Å². The van der Waals surface area contributed by atoms with Crippen molar-refractivity contribution >= 4 is 39.1 Å². The van der Waals surface area contributed by atoms with E-state index in [-0.39, 0.29) is 34.8 Å². The van der Waals surface area contributed by atoms with Gasteiger partial charge in [-0.1, -0.05) is 41.4 Å². The van der Waals surface area contributed by atoms with E-state index in [1.165, 1.54) is 37.3 Å². The maximum atomic E-state index is 14.1. The van der Waals surface area contributed by atoms with Crippen LogP contribution in [0.15, 0.2) is 71.6 Å². The summed E-state index contributed by atoms with van der Waals surface area (Å²) in [5.41, 5.74) is 1.67. The zero-order chi connectivity index (χ0) is 30.3. The topological polar surface area (TPSA) is 105 Å². The van der Waals surface area contributed by atoms with Crippen molar-refractivity contribution in [1.82, 2.24) is 10.2 Å². The summed E-state index contributed by atoms with van der Waals surface area (Å²) >= 11 is 6.19. The standard InChI is InChI=1S/C30H36ClN3O6S/c1-20(2)32-30(36)22(4)33(18-23-8-7-9-24(31)16-23)29(35)19-34(27-17-25(39-5)12-15-28(27)40-6)41(37,38)26-13-10-21(3)11-14-26/h7-17,20,22H,18-19H2,1-6H3,(H,32,36)/t22-/m0/s1. The van der Waals surface area contributed by atoms with E-state index in [1.807, 2.05) is 20.8 Å². The number of sulfonamides is 1. The Bertz CT molecular complexity index is 1480. The Labute approximate surface area is 247 Å². The molecule has 0 unspecified atom stereocenters. The van der Waals surface area contributed by atoms with Gasteiger partial charge in [0.2, 0.25) is 11.8 Å². The Morgan fingerprint density at radius 3 is 2.22 bits per heavy atom. The van der Waals surface area contributed by atoms with Crippen LogP contribution in [-0.2, 0) is 26.2 Å². The lowest BCUT2D eigenvalue weighted by Gasteiger charge is -2.32. The van der Waals surface area contributed by atoms with E-state index in [9.17, 15) is 18.0 Å². The van der Waals surface area contributed by atoms with Gasteiger partial charge in [0.15, 0.2) is 0 Å². The van der Waals surface area contributed by atoms with Gasteiger partial charge in [-0.15, -0.1) is 0 Å². The molecule has 3 rings (SSSR count). The monoisotopic (exact) mass is 601 g/mol. The minimum absolute atomic E-state index is 0.00670. The van der Waals surface area contributed by atoms with E-state index >= 15 is 0 Å². The molecule has 0 aliphatic rings. The summed E-state index contributed by atoms with van der Waals surface area (Å²) in [6.07, 6.45) is 0. The third-order valence-electron chi connectivity index (χ3n) is 6.38. The number of nitrogens with zero attached hydrogens (tertiary/aromatic N) is 2. The zero-order valence-electron chi connectivity index (χ0n) is 24.0. The van der Waals surface area contributed by atoms with Gasteiger partial charge in [0, 0.05) is 23.7 Å². The van der Waals surface area contributed by atoms with E-state index < -0.39 is 28.5 Å². The van der Waals surface area contributed by atoms with Gasteiger partial charge in [-0.05, 0) is 69.7 Å². The highest BCUT2D eigenvalue weighted by molar-refractivity contribution is 7.92. The Balaban J connectivity index is 2.13. The number of hydrogen-bond acceptors (Lipinski definition) is 6. The van der Waals surface area contributed by atoms with Crippen molar-refractivity contribution in [3.63, 3.8) is 0 Å². The molecule has 0 saturated carbocycles. The number of rotatable bonds is 12. The molecule has 41 heavy (non-hydrogen) atoms. The summed E-state index contributed by atoms with van der Waals surface area (Å²) in [5, 5.41) is 3.30. The molecule has 0 radical (unpaired) electrons. The van der Waals surface area contributed by atoms with Crippen LogP contribution >= 0.6 is 11.6 Å². The van der Waals surface area contributed by atoms with Crippen LogP contribution in [0.3, 0.4) is 0 Å². The fourth-order valence-corrected chi connectivity index (χ4v) is 5.79. The highest BCUT2D eigenvalue weighted by Gasteiger charge is 2.34. The van der Waals surface area contributed by atoms with Crippen molar-refractivity contribution in [3.05, 3.63) is 82.9 Å². The molecule has 0 bridgehead atoms. The number of nitrogens with one attached hydrogen (secondary N) is 1. The van der Waals surface area contributed by atoms with Gasteiger partial charge < -0.3 is 19.7 Å². The van der Waals surface area contributed by atoms with Crippen LogP contribution in [-0.4, -0.2) is 58.0 Å². The first kappa shape index (κ1) is 31.8. The predicted octanol–water partition coefficient (Wildman–Crippen LogP) is 4.80. The minimum Gasteiger partial charge on any atom is -0.497 e. The molecule has 0 fully saturated rings. The van der Waals surface area contributed by atoms with Gasteiger partial charge in [-0.25, -0.2) is 8.42 Å². The van der Waals surface area contributed by atoms with E-state index in [0.717, 1.165) is 9.87 Å². The number of carbonyl (C=O) groups is 2. The second-order valence-electron chi connectivity index (χ2n) is 9.85. The number of halogens is 1. The highest BCUT2D eigenvalue weighted by Crippen LogP contribution is 2.36. The number of hydrogen-bond donors (Lipinski definition) is 1. The maximum absolute atomic E-state index is 14.1. The van der Waals surface area contributed by atoms with E-state index in [1.54, 1.807) is 55.5 Å². The van der Waals surface area contributed by atoms with Crippen molar-refractivity contribution in [2.75, 3.05) is 25.1 Å². The van der Waals surface area contributed by atoms with Gasteiger partial charge in [-0.3, -0.25) is 13.9 Å². The molecule has 3 aromatic carbocycles. The van der Waals surface area contributed by atoms with Gasteiger partial charge in [-0.2, -0.15) is 0 Å². The van der Waals surface area contributed by atoms with E-state index in [2.05, 4.69) is 5.32 Å². The number of anilines is 1. The van der Waals surface area contributed by atoms with Crippen molar-refractivity contribution in [2.24, 2.45) is 0 Å². The number of methoxy groups -OCH3 is 2. The Hall–Kier alpha value is -3.76. The van der Waals surface area contributed by atoms with Gasteiger partial charge >= 0.3 is 0 Å². The summed E-state index contributed by atoms with van der Waals surface area (Å²) in [4.78, 5) is 28.5. The molecule has 220 valence electrons. The molecule has 0 aliphatic carbocycles. The molecule has 11 heteroatoms. The first-order chi connectivity index (χ1) is 19.4. The SMILES string of the molecule is COc1ccc(OC)c(N(CC(=O)N(Cc2cccc(Cl)c2)[C@@H](C)C(=O)NC(C)C)S(=O)(=O)c2ccc(C)cc2)c1. The van der Waals surface area contributed by atoms with Crippen molar-refractivity contribution in [3.8, 4) is 11.5 Å². The molecule has 2 amide bonds. The molecule has 0 saturated heterocycles. The van der Waals surface area contributed by atoms with E-state index in [4.69, 9.17) is 21.1 Å². The molecule has 0 aromatic heterocycles. The quantitative estimate of drug-likeness (QED) is 0.320. The van der Waals surface area contributed by atoms with Crippen LogP contribution in [0, 0.1) is 6.92 Å². The molecule has 3 aromatic rings. The number of carbonyl (C=O) groups excluding carboxylic acids is 2. The van der Waals surface area contributed by atoms with Crippen LogP contribution in [0.2, 0.25) is 5.02 Å². The molecule has 1 atom stereocenters. The first-order valence-electron chi connectivity index (χ1n) is 13.0. The molecule has 0 spiro atoms.